The van der Waals surface area contributed by atoms with Gasteiger partial charge in [-0.2, -0.15) is 9.67 Å². The Balaban J connectivity index is 1.41. The monoisotopic (exact) mass is 480 g/mol. The molecular formula is C21H17ClN8O2S. The normalized spacial score (nSPS) is 11.2. The molecule has 0 unspecified atom stereocenters. The summed E-state index contributed by atoms with van der Waals surface area (Å²) < 4.78 is 10.2. The van der Waals surface area contributed by atoms with E-state index in [2.05, 4.69) is 25.7 Å². The van der Waals surface area contributed by atoms with Crippen molar-refractivity contribution in [2.45, 2.75) is 17.8 Å². The van der Waals surface area contributed by atoms with Gasteiger partial charge in [-0.05, 0) is 53.7 Å². The number of thioether (sulfide) groups is 1. The van der Waals surface area contributed by atoms with Gasteiger partial charge in [-0.1, -0.05) is 46.7 Å². The van der Waals surface area contributed by atoms with Crippen LogP contribution in [0, 0.1) is 6.92 Å². The van der Waals surface area contributed by atoms with Crippen LogP contribution in [0.5, 0.6) is 0 Å². The van der Waals surface area contributed by atoms with E-state index in [0.29, 0.717) is 33.3 Å². The minimum Gasteiger partial charge on any atom is -0.338 e. The fourth-order valence-electron chi connectivity index (χ4n) is 3.36. The summed E-state index contributed by atoms with van der Waals surface area (Å²) in [5.41, 5.74) is 2.42. The van der Waals surface area contributed by atoms with Gasteiger partial charge in [0.05, 0.1) is 17.1 Å². The van der Waals surface area contributed by atoms with E-state index in [1.165, 1.54) is 16.4 Å². The van der Waals surface area contributed by atoms with Crippen LogP contribution in [0.2, 0.25) is 5.02 Å². The minimum absolute atomic E-state index is 0.224. The van der Waals surface area contributed by atoms with Crippen molar-refractivity contribution in [3.05, 3.63) is 81.6 Å². The van der Waals surface area contributed by atoms with Gasteiger partial charge in [-0.15, -0.1) is 5.10 Å². The third-order valence-corrected chi connectivity index (χ3v) is 6.23. The molecule has 3 heterocycles. The molecule has 0 aliphatic rings. The highest BCUT2D eigenvalue weighted by atomic mass is 35.5. The third kappa shape index (κ3) is 3.96. The van der Waals surface area contributed by atoms with Crippen LogP contribution in [0.1, 0.15) is 11.6 Å². The second-order valence-electron chi connectivity index (χ2n) is 7.09. The summed E-state index contributed by atoms with van der Waals surface area (Å²) in [5, 5.41) is 17.0. The highest BCUT2D eigenvalue weighted by Gasteiger charge is 2.22. The van der Waals surface area contributed by atoms with Crippen LogP contribution >= 0.6 is 23.4 Å². The number of benzene rings is 2. The van der Waals surface area contributed by atoms with Gasteiger partial charge in [0, 0.05) is 17.6 Å². The average molecular weight is 481 g/mol. The zero-order valence-corrected chi connectivity index (χ0v) is 19.2. The van der Waals surface area contributed by atoms with E-state index in [1.807, 2.05) is 56.4 Å². The van der Waals surface area contributed by atoms with Crippen LogP contribution in [-0.4, -0.2) is 39.7 Å². The van der Waals surface area contributed by atoms with Gasteiger partial charge in [-0.3, -0.25) is 9.48 Å². The molecule has 0 saturated heterocycles. The molecule has 0 spiro atoms. The molecule has 0 atom stereocenters. The van der Waals surface area contributed by atoms with Crippen molar-refractivity contribution in [2.24, 2.45) is 7.05 Å². The molecule has 3 aromatic heterocycles. The SMILES string of the molecule is Cc1c(-n2nnnc2SCc2nc(-c3ccc(Cl)cc3)no2)c(=O)n(-c2ccccc2)n1C. The number of tetrazole rings is 1. The summed E-state index contributed by atoms with van der Waals surface area (Å²) in [6, 6.07) is 16.6. The van der Waals surface area contributed by atoms with Crippen molar-refractivity contribution in [1.29, 1.82) is 0 Å². The lowest BCUT2D eigenvalue weighted by Gasteiger charge is -2.07. The number of hydrogen-bond acceptors (Lipinski definition) is 8. The van der Waals surface area contributed by atoms with Gasteiger partial charge in [0.25, 0.3) is 5.56 Å². The van der Waals surface area contributed by atoms with Crippen molar-refractivity contribution in [3.63, 3.8) is 0 Å². The predicted octanol–water partition coefficient (Wildman–Crippen LogP) is 3.46. The van der Waals surface area contributed by atoms with Crippen LogP contribution < -0.4 is 5.56 Å². The summed E-state index contributed by atoms with van der Waals surface area (Å²) >= 11 is 7.22. The lowest BCUT2D eigenvalue weighted by atomic mass is 10.2. The minimum atomic E-state index is -0.224. The molecule has 166 valence electrons. The highest BCUT2D eigenvalue weighted by molar-refractivity contribution is 7.98. The summed E-state index contributed by atoms with van der Waals surface area (Å²) in [5.74, 6) is 1.21. The standard InChI is InChI=1S/C21H17ClN8O2S/c1-13-18(20(31)30(28(13)2)16-6-4-3-5-7-16)29-21(24-26-27-29)33-12-17-23-19(25-32-17)14-8-10-15(22)11-9-14/h3-11H,12H2,1-2H3. The first-order valence-electron chi connectivity index (χ1n) is 9.87. The number of hydrogen-bond donors (Lipinski definition) is 0. The quantitative estimate of drug-likeness (QED) is 0.340. The third-order valence-electron chi connectivity index (χ3n) is 5.07. The average Bonchev–Trinajstić information content (AvgIpc) is 3.53. The Morgan fingerprint density at radius 3 is 2.61 bits per heavy atom. The maximum Gasteiger partial charge on any atom is 0.297 e. The largest absolute Gasteiger partial charge is 0.338 e. The van der Waals surface area contributed by atoms with Gasteiger partial charge in [0.2, 0.25) is 16.9 Å². The highest BCUT2D eigenvalue weighted by Crippen LogP contribution is 2.24. The van der Waals surface area contributed by atoms with Gasteiger partial charge in [-0.25, -0.2) is 4.68 Å². The molecule has 5 aromatic rings. The van der Waals surface area contributed by atoms with E-state index in [-0.39, 0.29) is 5.56 Å². The smallest absolute Gasteiger partial charge is 0.297 e. The Morgan fingerprint density at radius 2 is 1.85 bits per heavy atom. The van der Waals surface area contributed by atoms with Crippen LogP contribution in [0.4, 0.5) is 0 Å². The Kier molecular flexibility index (Phi) is 5.56. The van der Waals surface area contributed by atoms with E-state index < -0.39 is 0 Å². The lowest BCUT2D eigenvalue weighted by Crippen LogP contribution is -2.22. The summed E-state index contributed by atoms with van der Waals surface area (Å²) in [4.78, 5) is 17.7. The van der Waals surface area contributed by atoms with Gasteiger partial charge < -0.3 is 4.52 Å². The van der Waals surface area contributed by atoms with Crippen LogP contribution in [0.3, 0.4) is 0 Å². The number of rotatable bonds is 6. The second kappa shape index (κ2) is 8.68. The lowest BCUT2D eigenvalue weighted by molar-refractivity contribution is 0.391. The summed E-state index contributed by atoms with van der Waals surface area (Å²) in [6.45, 7) is 1.85. The Labute approximate surface area is 196 Å². The fourth-order valence-corrected chi connectivity index (χ4v) is 4.20. The first-order valence-corrected chi connectivity index (χ1v) is 11.2. The molecule has 2 aromatic carbocycles. The number of nitrogens with zero attached hydrogens (tertiary/aromatic N) is 8. The van der Waals surface area contributed by atoms with Crippen LogP contribution in [0.25, 0.3) is 22.8 Å². The molecule has 0 radical (unpaired) electrons. The van der Waals surface area contributed by atoms with Gasteiger partial charge >= 0.3 is 0 Å². The van der Waals surface area contributed by atoms with Crippen LogP contribution in [-0.2, 0) is 12.8 Å². The van der Waals surface area contributed by atoms with E-state index in [0.717, 1.165) is 16.9 Å². The van der Waals surface area contributed by atoms with E-state index in [1.54, 1.807) is 21.5 Å². The fraction of sp³-hybridized carbons (Fsp3) is 0.143. The second-order valence-corrected chi connectivity index (χ2v) is 8.47. The first-order chi connectivity index (χ1) is 16.0. The molecule has 0 fully saturated rings. The molecule has 0 aliphatic carbocycles. The number of para-hydroxylation sites is 1. The molecule has 10 nitrogen and oxygen atoms in total. The van der Waals surface area contributed by atoms with Crippen molar-refractivity contribution in [2.75, 3.05) is 0 Å². The van der Waals surface area contributed by atoms with E-state index >= 15 is 0 Å². The molecular weight excluding hydrogens is 464 g/mol. The van der Waals surface area contributed by atoms with E-state index in [9.17, 15) is 4.79 Å². The van der Waals surface area contributed by atoms with Crippen molar-refractivity contribution in [1.82, 2.24) is 39.7 Å². The van der Waals surface area contributed by atoms with Crippen molar-refractivity contribution in [3.8, 4) is 22.8 Å². The Bertz CT molecular complexity index is 1470. The predicted molar refractivity (Wildman–Crippen MR) is 123 cm³/mol. The molecule has 0 N–H and O–H groups in total. The van der Waals surface area contributed by atoms with Crippen molar-refractivity contribution < 1.29 is 4.52 Å². The van der Waals surface area contributed by atoms with Crippen LogP contribution in [0.15, 0.2) is 69.1 Å². The molecule has 0 bridgehead atoms. The summed E-state index contributed by atoms with van der Waals surface area (Å²) in [7, 11) is 1.82. The zero-order valence-electron chi connectivity index (χ0n) is 17.6. The van der Waals surface area contributed by atoms with Crippen molar-refractivity contribution >= 4 is 23.4 Å². The van der Waals surface area contributed by atoms with Gasteiger partial charge in [0.15, 0.2) is 5.69 Å². The molecule has 0 amide bonds. The topological polar surface area (TPSA) is 109 Å². The number of aromatic nitrogens is 8. The molecule has 5 rings (SSSR count). The van der Waals surface area contributed by atoms with E-state index in [4.69, 9.17) is 16.1 Å². The molecule has 33 heavy (non-hydrogen) atoms. The molecule has 0 aliphatic heterocycles. The Morgan fingerprint density at radius 1 is 1.09 bits per heavy atom. The number of halogens is 1. The maximum absolute atomic E-state index is 13.3. The maximum atomic E-state index is 13.3. The zero-order chi connectivity index (χ0) is 22.9. The Hall–Kier alpha value is -3.70. The van der Waals surface area contributed by atoms with Gasteiger partial charge in [0.1, 0.15) is 0 Å². The summed E-state index contributed by atoms with van der Waals surface area (Å²) in [6.07, 6.45) is 0. The first kappa shape index (κ1) is 21.2. The molecule has 12 heteroatoms. The molecule has 0 saturated carbocycles.